The second-order valence-electron chi connectivity index (χ2n) is 4.16. The smallest absolute Gasteiger partial charge is 0.200 e. The molecule has 1 atom stereocenters. The lowest BCUT2D eigenvalue weighted by atomic mass is 10.1. The Bertz CT molecular complexity index is 684. The second kappa shape index (κ2) is 5.16. The third-order valence-corrected chi connectivity index (χ3v) is 2.82. The van der Waals surface area contributed by atoms with Crippen molar-refractivity contribution >= 4 is 17.0 Å². The number of aromatic hydroxyl groups is 2. The van der Waals surface area contributed by atoms with Crippen LogP contribution in [0.4, 0.5) is 0 Å². The minimum Gasteiger partial charge on any atom is -0.504 e. The van der Waals surface area contributed by atoms with Gasteiger partial charge in [0.15, 0.2) is 16.9 Å². The highest BCUT2D eigenvalue weighted by atomic mass is 16.5. The molecule has 0 spiro atoms. The Labute approximate surface area is 109 Å². The first-order valence-electron chi connectivity index (χ1n) is 5.71. The van der Waals surface area contributed by atoms with Gasteiger partial charge in [-0.05, 0) is 19.1 Å². The van der Waals surface area contributed by atoms with Crippen LogP contribution in [0.25, 0.3) is 17.0 Å². The predicted octanol–water partition coefficient (Wildman–Crippen LogP) is 2.25. The molecule has 1 unspecified atom stereocenters. The third-order valence-electron chi connectivity index (χ3n) is 2.82. The number of phenolic OH excluding ortho intramolecular Hbond substituents is 2. The summed E-state index contributed by atoms with van der Waals surface area (Å²) in [4.78, 5) is 12.1. The molecule has 0 saturated carbocycles. The Balaban J connectivity index is 2.55. The molecule has 2 N–H and O–H groups in total. The van der Waals surface area contributed by atoms with Gasteiger partial charge in [-0.3, -0.25) is 4.79 Å². The summed E-state index contributed by atoms with van der Waals surface area (Å²) in [5.74, 6) is -0.682. The Morgan fingerprint density at radius 1 is 1.32 bits per heavy atom. The van der Waals surface area contributed by atoms with Crippen LogP contribution in [0.1, 0.15) is 12.5 Å². The van der Waals surface area contributed by atoms with Gasteiger partial charge in [0, 0.05) is 13.2 Å². The van der Waals surface area contributed by atoms with Gasteiger partial charge in [-0.25, -0.2) is 0 Å². The van der Waals surface area contributed by atoms with Crippen LogP contribution in [0.3, 0.4) is 0 Å². The SMILES string of the molecule is COC(C)/C=C/c1coc2cc(O)c(O)cc2c1=O. The molecule has 19 heavy (non-hydrogen) atoms. The number of hydrogen-bond donors (Lipinski definition) is 2. The van der Waals surface area contributed by atoms with Gasteiger partial charge in [-0.2, -0.15) is 0 Å². The van der Waals surface area contributed by atoms with Crippen molar-refractivity contribution in [2.24, 2.45) is 0 Å². The van der Waals surface area contributed by atoms with E-state index in [-0.39, 0.29) is 34.0 Å². The van der Waals surface area contributed by atoms with E-state index in [0.717, 1.165) is 0 Å². The maximum atomic E-state index is 12.1. The molecule has 1 heterocycles. The van der Waals surface area contributed by atoms with Crippen LogP contribution in [0.15, 0.2) is 33.7 Å². The standard InChI is InChI=1S/C14H14O5/c1-8(18-2)3-4-9-7-19-13-6-12(16)11(15)5-10(13)14(9)17/h3-8,15-16H,1-2H3/b4-3+. The summed E-state index contributed by atoms with van der Waals surface area (Å²) >= 11 is 0. The lowest BCUT2D eigenvalue weighted by Crippen LogP contribution is -2.06. The fourth-order valence-corrected chi connectivity index (χ4v) is 1.60. The average Bonchev–Trinajstić information content (AvgIpc) is 2.40. The predicted molar refractivity (Wildman–Crippen MR) is 71.3 cm³/mol. The zero-order chi connectivity index (χ0) is 14.0. The van der Waals surface area contributed by atoms with E-state index in [2.05, 4.69) is 0 Å². The molecule has 1 aromatic heterocycles. The van der Waals surface area contributed by atoms with Gasteiger partial charge in [0.1, 0.15) is 11.8 Å². The van der Waals surface area contributed by atoms with Gasteiger partial charge in [-0.1, -0.05) is 6.08 Å². The molecule has 0 fully saturated rings. The first-order chi connectivity index (χ1) is 9.02. The molecule has 0 radical (unpaired) electrons. The molecular formula is C14H14O5. The summed E-state index contributed by atoms with van der Waals surface area (Å²) < 4.78 is 10.3. The molecule has 0 bridgehead atoms. The van der Waals surface area contributed by atoms with E-state index < -0.39 is 0 Å². The van der Waals surface area contributed by atoms with E-state index >= 15 is 0 Å². The van der Waals surface area contributed by atoms with Crippen LogP contribution < -0.4 is 5.43 Å². The quantitative estimate of drug-likeness (QED) is 0.829. The van der Waals surface area contributed by atoms with E-state index in [1.54, 1.807) is 19.3 Å². The summed E-state index contributed by atoms with van der Waals surface area (Å²) in [5.41, 5.74) is 0.287. The van der Waals surface area contributed by atoms with E-state index in [0.29, 0.717) is 5.56 Å². The van der Waals surface area contributed by atoms with Gasteiger partial charge < -0.3 is 19.4 Å². The van der Waals surface area contributed by atoms with E-state index in [4.69, 9.17) is 9.15 Å². The van der Waals surface area contributed by atoms with Gasteiger partial charge >= 0.3 is 0 Å². The van der Waals surface area contributed by atoms with Crippen molar-refractivity contribution in [2.45, 2.75) is 13.0 Å². The van der Waals surface area contributed by atoms with Crippen molar-refractivity contribution in [3.8, 4) is 11.5 Å². The third kappa shape index (κ3) is 2.61. The molecule has 0 aliphatic rings. The zero-order valence-electron chi connectivity index (χ0n) is 10.6. The van der Waals surface area contributed by atoms with E-state index in [1.165, 1.54) is 18.4 Å². The van der Waals surface area contributed by atoms with Gasteiger partial charge in [0.25, 0.3) is 0 Å². The fraction of sp³-hybridized carbons (Fsp3) is 0.214. The number of hydrogen-bond acceptors (Lipinski definition) is 5. The number of rotatable bonds is 3. The highest BCUT2D eigenvalue weighted by Gasteiger charge is 2.09. The number of ether oxygens (including phenoxy) is 1. The van der Waals surface area contributed by atoms with Crippen molar-refractivity contribution in [1.29, 1.82) is 0 Å². The summed E-state index contributed by atoms with van der Waals surface area (Å²) in [6.07, 6.45) is 4.50. The maximum absolute atomic E-state index is 12.1. The Morgan fingerprint density at radius 3 is 2.68 bits per heavy atom. The van der Waals surface area contributed by atoms with Crippen LogP contribution in [0.2, 0.25) is 0 Å². The monoisotopic (exact) mass is 262 g/mol. The lowest BCUT2D eigenvalue weighted by molar-refractivity contribution is 0.157. The zero-order valence-corrected chi connectivity index (χ0v) is 10.6. The molecule has 0 saturated heterocycles. The molecule has 0 amide bonds. The molecule has 2 aromatic rings. The van der Waals surface area contributed by atoms with E-state index in [9.17, 15) is 15.0 Å². The highest BCUT2D eigenvalue weighted by Crippen LogP contribution is 2.28. The first-order valence-corrected chi connectivity index (χ1v) is 5.71. The van der Waals surface area contributed by atoms with Crippen molar-refractivity contribution < 1.29 is 19.4 Å². The van der Waals surface area contributed by atoms with Crippen LogP contribution in [0.5, 0.6) is 11.5 Å². The minimum atomic E-state index is -0.355. The van der Waals surface area contributed by atoms with Gasteiger partial charge in [0.05, 0.1) is 17.1 Å². The number of phenols is 2. The van der Waals surface area contributed by atoms with Gasteiger partial charge in [-0.15, -0.1) is 0 Å². The fourth-order valence-electron chi connectivity index (χ4n) is 1.60. The van der Waals surface area contributed by atoms with Crippen molar-refractivity contribution in [3.05, 3.63) is 40.3 Å². The van der Waals surface area contributed by atoms with Crippen molar-refractivity contribution in [1.82, 2.24) is 0 Å². The molecule has 100 valence electrons. The first kappa shape index (κ1) is 13.2. The largest absolute Gasteiger partial charge is 0.504 e. The van der Waals surface area contributed by atoms with Crippen LogP contribution in [-0.2, 0) is 4.74 Å². The Hall–Kier alpha value is -2.27. The lowest BCUT2D eigenvalue weighted by Gasteiger charge is -2.03. The topological polar surface area (TPSA) is 79.9 Å². The number of methoxy groups -OCH3 is 1. The maximum Gasteiger partial charge on any atom is 0.200 e. The summed E-state index contributed by atoms with van der Waals surface area (Å²) in [6, 6.07) is 2.39. The number of fused-ring (bicyclic) bond motifs is 1. The van der Waals surface area contributed by atoms with Crippen molar-refractivity contribution in [2.75, 3.05) is 7.11 Å². The minimum absolute atomic E-state index is 0.122. The average molecular weight is 262 g/mol. The Kier molecular flexibility index (Phi) is 3.57. The summed E-state index contributed by atoms with van der Waals surface area (Å²) in [7, 11) is 1.57. The molecular weight excluding hydrogens is 248 g/mol. The van der Waals surface area contributed by atoms with E-state index in [1.807, 2.05) is 6.92 Å². The van der Waals surface area contributed by atoms with Crippen LogP contribution >= 0.6 is 0 Å². The number of benzene rings is 1. The molecule has 0 aliphatic heterocycles. The van der Waals surface area contributed by atoms with Crippen LogP contribution in [-0.4, -0.2) is 23.4 Å². The molecule has 0 aliphatic carbocycles. The van der Waals surface area contributed by atoms with Gasteiger partial charge in [0.2, 0.25) is 0 Å². The normalized spacial score (nSPS) is 13.2. The molecule has 5 heteroatoms. The molecule has 1 aromatic carbocycles. The highest BCUT2D eigenvalue weighted by molar-refractivity contribution is 5.82. The van der Waals surface area contributed by atoms with Crippen molar-refractivity contribution in [3.63, 3.8) is 0 Å². The summed E-state index contributed by atoms with van der Waals surface area (Å²) in [5, 5.41) is 19.0. The Morgan fingerprint density at radius 2 is 2.00 bits per heavy atom. The molecule has 2 rings (SSSR count). The second-order valence-corrected chi connectivity index (χ2v) is 4.16. The summed E-state index contributed by atoms with van der Waals surface area (Å²) in [6.45, 7) is 1.84. The van der Waals surface area contributed by atoms with Crippen LogP contribution in [0, 0.1) is 0 Å². The molecule has 5 nitrogen and oxygen atoms in total.